The first kappa shape index (κ1) is 14.5. The number of rotatable bonds is 4. The van der Waals surface area contributed by atoms with Crippen molar-refractivity contribution in [2.75, 3.05) is 5.32 Å². The maximum Gasteiger partial charge on any atom is 0.272 e. The quantitative estimate of drug-likeness (QED) is 0.679. The van der Waals surface area contributed by atoms with E-state index in [2.05, 4.69) is 11.4 Å². The van der Waals surface area contributed by atoms with Crippen molar-refractivity contribution in [2.24, 2.45) is 0 Å². The third kappa shape index (κ3) is 3.37. The Hall–Kier alpha value is -2.87. The summed E-state index contributed by atoms with van der Waals surface area (Å²) in [6.07, 6.45) is 0. The van der Waals surface area contributed by atoms with Crippen LogP contribution in [0.4, 0.5) is 11.4 Å². The third-order valence-corrected chi connectivity index (χ3v) is 3.30. The van der Waals surface area contributed by atoms with Crippen molar-refractivity contribution < 1.29 is 4.92 Å². The molecule has 1 N–H and O–H groups in total. The van der Waals surface area contributed by atoms with Crippen LogP contribution >= 0.6 is 0 Å². The smallest absolute Gasteiger partial charge is 0.272 e. The Kier molecular flexibility index (Phi) is 4.19. The number of nitrogens with one attached hydrogen (secondary N) is 1. The molecule has 0 saturated carbocycles. The van der Waals surface area contributed by atoms with Gasteiger partial charge in [0.15, 0.2) is 0 Å². The number of hydrogen-bond donors (Lipinski definition) is 1. The molecular weight excluding hydrogens is 266 g/mol. The molecule has 106 valence electrons. The molecule has 0 aliphatic carbocycles. The normalized spacial score (nSPS) is 11.5. The first-order chi connectivity index (χ1) is 10.0. The number of nitrogens with zero attached hydrogens (tertiary/aromatic N) is 2. The predicted octanol–water partition coefficient (Wildman–Crippen LogP) is 3.95. The van der Waals surface area contributed by atoms with Gasteiger partial charge in [-0.3, -0.25) is 10.1 Å². The Morgan fingerprint density at radius 2 is 2.05 bits per heavy atom. The first-order valence-electron chi connectivity index (χ1n) is 6.53. The highest BCUT2D eigenvalue weighted by atomic mass is 16.6. The molecule has 0 radical (unpaired) electrons. The second-order valence-corrected chi connectivity index (χ2v) is 4.86. The van der Waals surface area contributed by atoms with Crippen molar-refractivity contribution in [1.29, 1.82) is 5.26 Å². The lowest BCUT2D eigenvalue weighted by Gasteiger charge is -2.16. The average Bonchev–Trinajstić information content (AvgIpc) is 2.47. The zero-order valence-electron chi connectivity index (χ0n) is 11.8. The molecule has 2 aromatic rings. The summed E-state index contributed by atoms with van der Waals surface area (Å²) in [6, 6.07) is 14.3. The molecule has 0 saturated heterocycles. The molecular formula is C16H15N3O2. The number of nitro benzene ring substituents is 1. The zero-order valence-corrected chi connectivity index (χ0v) is 11.8. The fourth-order valence-corrected chi connectivity index (χ4v) is 2.10. The summed E-state index contributed by atoms with van der Waals surface area (Å²) >= 11 is 0. The highest BCUT2D eigenvalue weighted by molar-refractivity contribution is 5.51. The van der Waals surface area contributed by atoms with Crippen LogP contribution in [0.1, 0.15) is 29.7 Å². The zero-order chi connectivity index (χ0) is 15.4. The Balaban J connectivity index is 2.24. The fourth-order valence-electron chi connectivity index (χ4n) is 2.10. The highest BCUT2D eigenvalue weighted by Gasteiger charge is 2.14. The third-order valence-electron chi connectivity index (χ3n) is 3.30. The lowest BCUT2D eigenvalue weighted by Crippen LogP contribution is -2.07. The molecule has 1 unspecified atom stereocenters. The predicted molar refractivity (Wildman–Crippen MR) is 81.0 cm³/mol. The monoisotopic (exact) mass is 281 g/mol. The number of benzene rings is 2. The van der Waals surface area contributed by atoms with E-state index in [1.165, 1.54) is 0 Å². The van der Waals surface area contributed by atoms with Crippen LogP contribution in [0.5, 0.6) is 0 Å². The SMILES string of the molecule is Cc1ccc(C(C)Nc2cccc(C#N)c2)cc1[N+](=O)[O-]. The minimum atomic E-state index is -0.373. The van der Waals surface area contributed by atoms with Crippen LogP contribution in [0.2, 0.25) is 0 Å². The molecule has 0 spiro atoms. The number of hydrogen-bond acceptors (Lipinski definition) is 4. The summed E-state index contributed by atoms with van der Waals surface area (Å²) in [4.78, 5) is 10.6. The van der Waals surface area contributed by atoms with Gasteiger partial charge in [0, 0.05) is 23.4 Å². The second-order valence-electron chi connectivity index (χ2n) is 4.86. The van der Waals surface area contributed by atoms with Crippen molar-refractivity contribution in [3.63, 3.8) is 0 Å². The van der Waals surface area contributed by atoms with E-state index < -0.39 is 0 Å². The lowest BCUT2D eigenvalue weighted by molar-refractivity contribution is -0.385. The van der Waals surface area contributed by atoms with E-state index in [4.69, 9.17) is 5.26 Å². The lowest BCUT2D eigenvalue weighted by atomic mass is 10.0. The van der Waals surface area contributed by atoms with E-state index in [-0.39, 0.29) is 16.7 Å². The van der Waals surface area contributed by atoms with Gasteiger partial charge in [-0.15, -0.1) is 0 Å². The van der Waals surface area contributed by atoms with Gasteiger partial charge in [0.05, 0.1) is 16.6 Å². The van der Waals surface area contributed by atoms with Crippen molar-refractivity contribution in [1.82, 2.24) is 0 Å². The Morgan fingerprint density at radius 1 is 1.29 bits per heavy atom. The van der Waals surface area contributed by atoms with E-state index in [0.717, 1.165) is 11.3 Å². The molecule has 0 aromatic heterocycles. The van der Waals surface area contributed by atoms with Crippen molar-refractivity contribution in [3.8, 4) is 6.07 Å². The topological polar surface area (TPSA) is 79.0 Å². The molecule has 0 aliphatic rings. The minimum absolute atomic E-state index is 0.0988. The van der Waals surface area contributed by atoms with Gasteiger partial charge in [0.1, 0.15) is 0 Å². The van der Waals surface area contributed by atoms with E-state index in [1.807, 2.05) is 19.1 Å². The molecule has 0 heterocycles. The highest BCUT2D eigenvalue weighted by Crippen LogP contribution is 2.25. The standard InChI is InChI=1S/C16H15N3O2/c1-11-6-7-14(9-16(11)19(20)21)12(2)18-15-5-3-4-13(8-15)10-17/h3-9,12,18H,1-2H3. The van der Waals surface area contributed by atoms with Gasteiger partial charge in [-0.05, 0) is 37.6 Å². The van der Waals surface area contributed by atoms with Crippen LogP contribution in [-0.4, -0.2) is 4.92 Å². The van der Waals surface area contributed by atoms with Gasteiger partial charge >= 0.3 is 0 Å². The van der Waals surface area contributed by atoms with E-state index in [9.17, 15) is 10.1 Å². The molecule has 0 amide bonds. The largest absolute Gasteiger partial charge is 0.378 e. The van der Waals surface area contributed by atoms with Crippen LogP contribution in [0.25, 0.3) is 0 Å². The summed E-state index contributed by atoms with van der Waals surface area (Å²) in [5, 5.41) is 23.1. The molecule has 2 aromatic carbocycles. The molecule has 1 atom stereocenters. The summed E-state index contributed by atoms with van der Waals surface area (Å²) in [7, 11) is 0. The van der Waals surface area contributed by atoms with Gasteiger partial charge in [0.2, 0.25) is 0 Å². The summed E-state index contributed by atoms with van der Waals surface area (Å²) < 4.78 is 0. The summed E-state index contributed by atoms with van der Waals surface area (Å²) in [5.74, 6) is 0. The fraction of sp³-hybridized carbons (Fsp3) is 0.188. The average molecular weight is 281 g/mol. The Labute approximate surface area is 123 Å². The van der Waals surface area contributed by atoms with Gasteiger partial charge in [-0.1, -0.05) is 18.2 Å². The Morgan fingerprint density at radius 3 is 2.71 bits per heavy atom. The molecule has 0 bridgehead atoms. The van der Waals surface area contributed by atoms with Crippen molar-refractivity contribution in [3.05, 3.63) is 69.3 Å². The number of anilines is 1. The molecule has 0 aliphatic heterocycles. The maximum atomic E-state index is 11.0. The summed E-state index contributed by atoms with van der Waals surface area (Å²) in [6.45, 7) is 3.64. The molecule has 2 rings (SSSR count). The summed E-state index contributed by atoms with van der Waals surface area (Å²) in [5.41, 5.74) is 2.97. The van der Waals surface area contributed by atoms with Crippen LogP contribution in [0.15, 0.2) is 42.5 Å². The van der Waals surface area contributed by atoms with E-state index in [0.29, 0.717) is 11.1 Å². The van der Waals surface area contributed by atoms with Gasteiger partial charge in [-0.2, -0.15) is 5.26 Å². The number of nitriles is 1. The molecule has 5 heteroatoms. The number of aryl methyl sites for hydroxylation is 1. The maximum absolute atomic E-state index is 11.0. The minimum Gasteiger partial charge on any atom is -0.378 e. The first-order valence-corrected chi connectivity index (χ1v) is 6.53. The van der Waals surface area contributed by atoms with Crippen LogP contribution < -0.4 is 5.32 Å². The van der Waals surface area contributed by atoms with Crippen molar-refractivity contribution >= 4 is 11.4 Å². The van der Waals surface area contributed by atoms with Crippen LogP contribution in [-0.2, 0) is 0 Å². The molecule has 0 fully saturated rings. The second kappa shape index (κ2) is 6.06. The Bertz CT molecular complexity index is 720. The number of nitro groups is 1. The van der Waals surface area contributed by atoms with Crippen LogP contribution in [0.3, 0.4) is 0 Å². The molecule has 21 heavy (non-hydrogen) atoms. The van der Waals surface area contributed by atoms with E-state index in [1.54, 1.807) is 37.3 Å². The van der Waals surface area contributed by atoms with Crippen LogP contribution in [0, 0.1) is 28.4 Å². The van der Waals surface area contributed by atoms with Gasteiger partial charge < -0.3 is 5.32 Å². The molecule has 5 nitrogen and oxygen atoms in total. The van der Waals surface area contributed by atoms with Gasteiger partial charge in [0.25, 0.3) is 5.69 Å². The van der Waals surface area contributed by atoms with Gasteiger partial charge in [-0.25, -0.2) is 0 Å². The van der Waals surface area contributed by atoms with Crippen molar-refractivity contribution in [2.45, 2.75) is 19.9 Å². The van der Waals surface area contributed by atoms with E-state index >= 15 is 0 Å².